The molecule has 27 heavy (non-hydrogen) atoms. The van der Waals surface area contributed by atoms with E-state index in [1.807, 2.05) is 0 Å². The summed E-state index contributed by atoms with van der Waals surface area (Å²) in [6, 6.07) is 9.55. The number of carbonyl (C=O) groups excluding carboxylic acids is 1. The van der Waals surface area contributed by atoms with Crippen molar-refractivity contribution in [3.05, 3.63) is 64.5 Å². The van der Waals surface area contributed by atoms with Crippen molar-refractivity contribution in [2.75, 3.05) is 6.61 Å². The molecule has 3 rings (SSSR count). The predicted octanol–water partition coefficient (Wildman–Crippen LogP) is 3.71. The first-order valence-electron chi connectivity index (χ1n) is 8.23. The molecule has 1 unspecified atom stereocenters. The highest BCUT2D eigenvalue weighted by Gasteiger charge is 2.22. The maximum atomic E-state index is 14.4. The Kier molecular flexibility index (Phi) is 5.55. The zero-order valence-electron chi connectivity index (χ0n) is 14.6. The fraction of sp³-hybridized carbons (Fsp3) is 0.211. The third kappa shape index (κ3) is 3.85. The quantitative estimate of drug-likeness (QED) is 0.378. The van der Waals surface area contributed by atoms with Gasteiger partial charge in [0.05, 0.1) is 23.2 Å². The molecule has 0 radical (unpaired) electrons. The first-order valence-corrected chi connectivity index (χ1v) is 9.11. The Morgan fingerprint density at radius 1 is 1.26 bits per heavy atom. The lowest BCUT2D eigenvalue weighted by molar-refractivity contribution is -0.142. The van der Waals surface area contributed by atoms with Crippen LogP contribution in [0.4, 0.5) is 8.78 Å². The number of esters is 1. The molecule has 1 aromatic heterocycles. The van der Waals surface area contributed by atoms with Crippen LogP contribution in [0.15, 0.2) is 52.4 Å². The molecule has 0 N–H and O–H groups in total. The Balaban J connectivity index is 2.21. The Morgan fingerprint density at radius 3 is 2.70 bits per heavy atom. The van der Waals surface area contributed by atoms with Crippen LogP contribution in [0.1, 0.15) is 13.8 Å². The van der Waals surface area contributed by atoms with Gasteiger partial charge in [0.2, 0.25) is 0 Å². The summed E-state index contributed by atoms with van der Waals surface area (Å²) < 4.78 is 33.7. The second kappa shape index (κ2) is 7.87. The van der Waals surface area contributed by atoms with Crippen LogP contribution in [0.5, 0.6) is 0 Å². The number of fused-ring (bicyclic) bond motifs is 1. The normalized spacial score (nSPS) is 12.1. The number of hydrogen-bond donors (Lipinski definition) is 0. The van der Waals surface area contributed by atoms with Crippen molar-refractivity contribution in [2.45, 2.75) is 24.3 Å². The maximum absolute atomic E-state index is 14.4. The van der Waals surface area contributed by atoms with Gasteiger partial charge in [-0.1, -0.05) is 23.9 Å². The van der Waals surface area contributed by atoms with Gasteiger partial charge in [0.15, 0.2) is 5.16 Å². The zero-order valence-corrected chi connectivity index (χ0v) is 15.4. The molecule has 0 aliphatic carbocycles. The molecule has 0 saturated carbocycles. The highest BCUT2D eigenvalue weighted by Crippen LogP contribution is 2.26. The lowest BCUT2D eigenvalue weighted by Crippen LogP contribution is -2.25. The van der Waals surface area contributed by atoms with E-state index in [4.69, 9.17) is 4.74 Å². The summed E-state index contributed by atoms with van der Waals surface area (Å²) >= 11 is 0.972. The van der Waals surface area contributed by atoms with Crippen molar-refractivity contribution in [1.82, 2.24) is 9.55 Å². The lowest BCUT2D eigenvalue weighted by Gasteiger charge is -2.16. The van der Waals surface area contributed by atoms with E-state index < -0.39 is 28.4 Å². The van der Waals surface area contributed by atoms with Crippen LogP contribution < -0.4 is 5.56 Å². The van der Waals surface area contributed by atoms with Gasteiger partial charge in [-0.3, -0.25) is 14.2 Å². The Morgan fingerprint density at radius 2 is 2.00 bits per heavy atom. The number of rotatable bonds is 5. The summed E-state index contributed by atoms with van der Waals surface area (Å²) in [6.45, 7) is 3.51. The van der Waals surface area contributed by atoms with E-state index >= 15 is 0 Å². The Labute approximate surface area is 158 Å². The van der Waals surface area contributed by atoms with Crippen LogP contribution in [-0.2, 0) is 9.53 Å². The fourth-order valence-electron chi connectivity index (χ4n) is 2.53. The van der Waals surface area contributed by atoms with Crippen molar-refractivity contribution >= 4 is 28.6 Å². The van der Waals surface area contributed by atoms with Crippen LogP contribution in [0.2, 0.25) is 0 Å². The molecule has 0 amide bonds. The number of ether oxygens (including phenoxy) is 1. The second-order valence-electron chi connectivity index (χ2n) is 5.66. The topological polar surface area (TPSA) is 61.2 Å². The summed E-state index contributed by atoms with van der Waals surface area (Å²) in [5, 5.41) is -0.271. The second-order valence-corrected chi connectivity index (χ2v) is 6.97. The summed E-state index contributed by atoms with van der Waals surface area (Å²) in [5.41, 5.74) is -0.234. The van der Waals surface area contributed by atoms with Crippen LogP contribution in [0, 0.1) is 11.6 Å². The highest BCUT2D eigenvalue weighted by atomic mass is 32.2. The number of para-hydroxylation sites is 1. The number of thioether (sulfide) groups is 1. The number of benzene rings is 2. The Hall–Kier alpha value is -2.74. The molecular formula is C19H16F2N2O3S. The molecule has 1 heterocycles. The SMILES string of the molecule is CCOC(=O)C(C)Sc1nc2ccccc2c(=O)n1-c1ccc(F)cc1F. The molecule has 1 atom stereocenters. The van der Waals surface area contributed by atoms with E-state index in [1.54, 1.807) is 38.1 Å². The standard InChI is InChI=1S/C19H16F2N2O3S/c1-3-26-18(25)11(2)27-19-22-15-7-5-4-6-13(15)17(24)23(19)16-9-8-12(20)10-14(16)21/h4-11H,3H2,1-2H3. The van der Waals surface area contributed by atoms with Gasteiger partial charge in [-0.25, -0.2) is 13.8 Å². The van der Waals surface area contributed by atoms with Gasteiger partial charge in [0.25, 0.3) is 5.56 Å². The minimum absolute atomic E-state index is 0.116. The minimum Gasteiger partial charge on any atom is -0.465 e. The third-order valence-electron chi connectivity index (χ3n) is 3.80. The van der Waals surface area contributed by atoms with E-state index in [0.29, 0.717) is 11.6 Å². The molecule has 0 spiro atoms. The average Bonchev–Trinajstić information content (AvgIpc) is 2.63. The molecular weight excluding hydrogens is 374 g/mol. The number of nitrogens with zero attached hydrogens (tertiary/aromatic N) is 2. The monoisotopic (exact) mass is 390 g/mol. The average molecular weight is 390 g/mol. The van der Waals surface area contributed by atoms with Gasteiger partial charge < -0.3 is 4.74 Å². The van der Waals surface area contributed by atoms with Crippen molar-refractivity contribution in [3.63, 3.8) is 0 Å². The van der Waals surface area contributed by atoms with Crippen LogP contribution in [-0.4, -0.2) is 27.4 Å². The number of hydrogen-bond acceptors (Lipinski definition) is 5. The smallest absolute Gasteiger partial charge is 0.319 e. The molecule has 0 aliphatic rings. The first-order chi connectivity index (χ1) is 12.9. The highest BCUT2D eigenvalue weighted by molar-refractivity contribution is 8.00. The molecule has 140 valence electrons. The number of aromatic nitrogens is 2. The first kappa shape index (κ1) is 19.0. The van der Waals surface area contributed by atoms with E-state index in [-0.39, 0.29) is 22.8 Å². The van der Waals surface area contributed by atoms with E-state index in [9.17, 15) is 18.4 Å². The van der Waals surface area contributed by atoms with Gasteiger partial charge in [0.1, 0.15) is 16.9 Å². The number of carbonyl (C=O) groups is 1. The predicted molar refractivity (Wildman–Crippen MR) is 99.2 cm³/mol. The molecule has 5 nitrogen and oxygen atoms in total. The maximum Gasteiger partial charge on any atom is 0.319 e. The van der Waals surface area contributed by atoms with E-state index in [0.717, 1.165) is 22.4 Å². The summed E-state index contributed by atoms with van der Waals surface area (Å²) in [7, 11) is 0. The van der Waals surface area contributed by atoms with Crippen molar-refractivity contribution in [1.29, 1.82) is 0 Å². The summed E-state index contributed by atoms with van der Waals surface area (Å²) in [5.74, 6) is -2.14. The van der Waals surface area contributed by atoms with Gasteiger partial charge in [-0.05, 0) is 38.1 Å². The molecule has 0 fully saturated rings. The third-order valence-corrected chi connectivity index (χ3v) is 4.83. The van der Waals surface area contributed by atoms with Crippen molar-refractivity contribution in [3.8, 4) is 5.69 Å². The van der Waals surface area contributed by atoms with Crippen molar-refractivity contribution < 1.29 is 18.3 Å². The van der Waals surface area contributed by atoms with Gasteiger partial charge in [-0.2, -0.15) is 0 Å². The van der Waals surface area contributed by atoms with Gasteiger partial charge in [-0.15, -0.1) is 0 Å². The largest absolute Gasteiger partial charge is 0.465 e. The molecule has 3 aromatic rings. The summed E-state index contributed by atoms with van der Waals surface area (Å²) in [6.07, 6.45) is 0. The molecule has 2 aromatic carbocycles. The van der Waals surface area contributed by atoms with Gasteiger partial charge >= 0.3 is 5.97 Å². The molecule has 0 bridgehead atoms. The minimum atomic E-state index is -0.903. The lowest BCUT2D eigenvalue weighted by atomic mass is 10.2. The molecule has 8 heteroatoms. The van der Waals surface area contributed by atoms with E-state index in [2.05, 4.69) is 4.98 Å². The van der Waals surface area contributed by atoms with Crippen LogP contribution in [0.3, 0.4) is 0 Å². The molecule has 0 aliphatic heterocycles. The van der Waals surface area contributed by atoms with Crippen LogP contribution >= 0.6 is 11.8 Å². The van der Waals surface area contributed by atoms with Crippen LogP contribution in [0.25, 0.3) is 16.6 Å². The van der Waals surface area contributed by atoms with Crippen molar-refractivity contribution in [2.24, 2.45) is 0 Å². The Bertz CT molecular complexity index is 1070. The number of halogens is 2. The van der Waals surface area contributed by atoms with E-state index in [1.165, 1.54) is 6.07 Å². The summed E-state index contributed by atoms with van der Waals surface area (Å²) in [4.78, 5) is 29.4. The van der Waals surface area contributed by atoms with Gasteiger partial charge in [0, 0.05) is 6.07 Å². The fourth-order valence-corrected chi connectivity index (χ4v) is 3.45. The molecule has 0 saturated heterocycles. The zero-order chi connectivity index (χ0) is 19.6.